The second-order valence-electron chi connectivity index (χ2n) is 8.68. The van der Waals surface area contributed by atoms with Gasteiger partial charge in [-0.25, -0.2) is 18.5 Å². The third-order valence-corrected chi connectivity index (χ3v) is 7.38. The summed E-state index contributed by atoms with van der Waals surface area (Å²) in [6.07, 6.45) is -5.20. The van der Waals surface area contributed by atoms with Crippen LogP contribution in [0.1, 0.15) is 27.0 Å². The maximum Gasteiger partial charge on any atom is 0.459 e. The summed E-state index contributed by atoms with van der Waals surface area (Å²) in [4.78, 5) is 51.0. The van der Waals surface area contributed by atoms with Crippen LogP contribution < -0.4 is 20.9 Å². The number of para-hydroxylation sites is 1. The fourth-order valence-electron chi connectivity index (χ4n) is 3.86. The maximum absolute atomic E-state index is 16.2. The molecule has 4 rings (SSSR count). The molecule has 0 saturated carbocycles. The molecule has 0 bridgehead atoms. The highest BCUT2D eigenvalue weighted by Gasteiger charge is 2.59. The van der Waals surface area contributed by atoms with Gasteiger partial charge in [-0.1, -0.05) is 18.2 Å². The van der Waals surface area contributed by atoms with E-state index >= 15 is 4.39 Å². The van der Waals surface area contributed by atoms with E-state index in [0.717, 1.165) is 23.8 Å². The second kappa shape index (κ2) is 10.2. The molecule has 0 amide bonds. The molecule has 0 spiro atoms. The summed E-state index contributed by atoms with van der Waals surface area (Å²) < 4.78 is 57.7. The smallest absolute Gasteiger partial charge is 0.453 e. The molecule has 13 nitrogen and oxygen atoms in total. The standard InChI is InChI=1S/C22H25FN3O10P/c1-12-18(28)33-13(2)19(29)35-17-15(11-32-37(31,25-12)36-14-7-5-4-6-8-14)34-20(22(17,3)23)26-10-9-16(27)24-21(26)30/h4-10,12-13,15,17,20H,11H2,1-3H3,(H,25,31)(H,24,27,30)/t12?,13-,15?,17+,20?,22+,37?/m0/s1. The van der Waals surface area contributed by atoms with Crippen molar-refractivity contribution in [2.75, 3.05) is 6.61 Å². The lowest BCUT2D eigenvalue weighted by molar-refractivity contribution is -0.177. The Hall–Kier alpha value is -3.32. The minimum atomic E-state index is -4.32. The van der Waals surface area contributed by atoms with E-state index < -0.39 is 73.8 Å². The van der Waals surface area contributed by atoms with E-state index in [4.69, 9.17) is 23.3 Å². The average Bonchev–Trinajstić information content (AvgIpc) is 3.07. The van der Waals surface area contributed by atoms with E-state index in [9.17, 15) is 23.7 Å². The number of esters is 2. The number of nitrogens with zero attached hydrogens (tertiary/aromatic N) is 1. The van der Waals surface area contributed by atoms with Gasteiger partial charge >= 0.3 is 25.4 Å². The van der Waals surface area contributed by atoms with Gasteiger partial charge in [0.2, 0.25) is 0 Å². The number of aromatic nitrogens is 2. The first-order chi connectivity index (χ1) is 17.4. The summed E-state index contributed by atoms with van der Waals surface area (Å²) in [6.45, 7) is 2.93. The van der Waals surface area contributed by atoms with Crippen molar-refractivity contribution in [1.29, 1.82) is 0 Å². The molecule has 2 N–H and O–H groups in total. The molecule has 2 aliphatic heterocycles. The zero-order valence-electron chi connectivity index (χ0n) is 20.0. The van der Waals surface area contributed by atoms with Crippen molar-refractivity contribution in [1.82, 2.24) is 14.6 Å². The minimum absolute atomic E-state index is 0.141. The zero-order chi connectivity index (χ0) is 27.0. The highest BCUT2D eigenvalue weighted by atomic mass is 31.2. The normalized spacial score (nSPS) is 34.9. The number of ether oxygens (including phenoxy) is 3. The van der Waals surface area contributed by atoms with E-state index in [1.807, 2.05) is 4.98 Å². The molecular formula is C22H25FN3O10P. The third-order valence-electron chi connectivity index (χ3n) is 5.74. The van der Waals surface area contributed by atoms with Crippen LogP contribution in [-0.2, 0) is 32.9 Å². The van der Waals surface area contributed by atoms with Crippen LogP contribution >= 0.6 is 7.75 Å². The molecule has 0 aliphatic carbocycles. The largest absolute Gasteiger partial charge is 0.459 e. The average molecular weight is 541 g/mol. The summed E-state index contributed by atoms with van der Waals surface area (Å²) in [5.41, 5.74) is -4.23. The van der Waals surface area contributed by atoms with Crippen LogP contribution in [0.5, 0.6) is 5.75 Å². The van der Waals surface area contributed by atoms with Gasteiger partial charge in [-0.15, -0.1) is 0 Å². The van der Waals surface area contributed by atoms with Gasteiger partial charge in [-0.3, -0.25) is 23.7 Å². The SMILES string of the molecule is CC1NP(=O)(Oc2ccccc2)OCC2OC(n3ccc(=O)[nH]c3=O)[C@](C)(F)[C@@H]2OC(=O)[C@H](C)OC1=O. The molecule has 1 aromatic carbocycles. The number of carbonyl (C=O) groups is 2. The van der Waals surface area contributed by atoms with E-state index in [2.05, 4.69) is 5.09 Å². The summed E-state index contributed by atoms with van der Waals surface area (Å²) >= 11 is 0. The first-order valence-electron chi connectivity index (χ1n) is 11.2. The van der Waals surface area contributed by atoms with E-state index in [0.29, 0.717) is 0 Å². The Labute approximate surface area is 209 Å². The second-order valence-corrected chi connectivity index (χ2v) is 10.4. The molecule has 37 heavy (non-hydrogen) atoms. The number of benzene rings is 1. The van der Waals surface area contributed by atoms with Crippen molar-refractivity contribution in [2.45, 2.75) is 57.0 Å². The van der Waals surface area contributed by atoms with Gasteiger partial charge in [0.05, 0.1) is 6.61 Å². The maximum atomic E-state index is 16.2. The molecule has 2 aromatic rings. The molecule has 1 aromatic heterocycles. The first-order valence-corrected chi connectivity index (χ1v) is 12.8. The van der Waals surface area contributed by atoms with Gasteiger partial charge in [0.15, 0.2) is 24.1 Å². The number of cyclic esters (lactones) is 1. The molecule has 2 saturated heterocycles. The van der Waals surface area contributed by atoms with Crippen LogP contribution in [0, 0.1) is 0 Å². The Balaban J connectivity index is 1.70. The lowest BCUT2D eigenvalue weighted by atomic mass is 9.98. The van der Waals surface area contributed by atoms with Crippen molar-refractivity contribution < 1.29 is 41.8 Å². The number of rotatable bonds is 3. The highest BCUT2D eigenvalue weighted by molar-refractivity contribution is 7.52. The minimum Gasteiger partial charge on any atom is -0.453 e. The Morgan fingerprint density at radius 2 is 1.78 bits per heavy atom. The number of nitrogens with one attached hydrogen (secondary N) is 2. The lowest BCUT2D eigenvalue weighted by Gasteiger charge is -2.30. The van der Waals surface area contributed by atoms with Crippen molar-refractivity contribution in [3.8, 4) is 5.75 Å². The van der Waals surface area contributed by atoms with Crippen LogP contribution in [0.3, 0.4) is 0 Å². The van der Waals surface area contributed by atoms with E-state index in [-0.39, 0.29) is 5.75 Å². The summed E-state index contributed by atoms with van der Waals surface area (Å²) in [6, 6.07) is 7.68. The Bertz CT molecular complexity index is 1330. The highest BCUT2D eigenvalue weighted by Crippen LogP contribution is 2.48. The fourth-order valence-corrected chi connectivity index (χ4v) is 5.36. The Morgan fingerprint density at radius 1 is 1.08 bits per heavy atom. The number of H-pyrrole nitrogens is 1. The number of carbonyl (C=O) groups excluding carboxylic acids is 2. The number of alkyl halides is 1. The number of aromatic amines is 1. The number of hydrogen-bond acceptors (Lipinski definition) is 10. The van der Waals surface area contributed by atoms with Crippen molar-refractivity contribution >= 4 is 19.7 Å². The third kappa shape index (κ3) is 5.67. The molecule has 3 heterocycles. The molecule has 4 unspecified atom stereocenters. The fraction of sp³-hybridized carbons (Fsp3) is 0.455. The predicted octanol–water partition coefficient (Wildman–Crippen LogP) is 1.20. The van der Waals surface area contributed by atoms with Gasteiger partial charge in [-0.05, 0) is 32.9 Å². The number of fused-ring (bicyclic) bond motifs is 1. The molecule has 7 atom stereocenters. The van der Waals surface area contributed by atoms with Gasteiger partial charge in [-0.2, -0.15) is 5.09 Å². The predicted molar refractivity (Wildman–Crippen MR) is 123 cm³/mol. The molecule has 200 valence electrons. The van der Waals surface area contributed by atoms with Gasteiger partial charge in [0.1, 0.15) is 17.9 Å². The Morgan fingerprint density at radius 3 is 2.46 bits per heavy atom. The van der Waals surface area contributed by atoms with Crippen LogP contribution in [0.15, 0.2) is 52.2 Å². The van der Waals surface area contributed by atoms with Gasteiger partial charge in [0, 0.05) is 12.3 Å². The topological polar surface area (TPSA) is 164 Å². The molecule has 2 fully saturated rings. The van der Waals surface area contributed by atoms with Crippen LogP contribution in [0.4, 0.5) is 4.39 Å². The first kappa shape index (κ1) is 26.7. The number of hydrogen-bond donors (Lipinski definition) is 2. The molecule has 15 heteroatoms. The van der Waals surface area contributed by atoms with Crippen molar-refractivity contribution in [3.05, 3.63) is 63.4 Å². The van der Waals surface area contributed by atoms with E-state index in [1.54, 1.807) is 18.2 Å². The monoisotopic (exact) mass is 541 g/mol. The van der Waals surface area contributed by atoms with Gasteiger partial charge in [0.25, 0.3) is 5.56 Å². The summed E-state index contributed by atoms with van der Waals surface area (Å²) in [7, 11) is -4.32. The Kier molecular flexibility index (Phi) is 7.38. The van der Waals surface area contributed by atoms with Crippen LogP contribution in [0.25, 0.3) is 0 Å². The summed E-state index contributed by atoms with van der Waals surface area (Å²) in [5.74, 6) is -1.91. The summed E-state index contributed by atoms with van der Waals surface area (Å²) in [5, 5.41) is 2.44. The van der Waals surface area contributed by atoms with Crippen LogP contribution in [-0.4, -0.2) is 58.1 Å². The molecular weight excluding hydrogens is 516 g/mol. The molecule has 0 radical (unpaired) electrons. The van der Waals surface area contributed by atoms with Crippen LogP contribution in [0.2, 0.25) is 0 Å². The lowest BCUT2D eigenvalue weighted by Crippen LogP contribution is -2.48. The van der Waals surface area contributed by atoms with E-state index in [1.165, 1.54) is 26.0 Å². The molecule has 2 aliphatic rings. The van der Waals surface area contributed by atoms with Crippen molar-refractivity contribution in [3.63, 3.8) is 0 Å². The van der Waals surface area contributed by atoms with Crippen molar-refractivity contribution in [2.24, 2.45) is 0 Å². The quantitative estimate of drug-likeness (QED) is 0.424. The number of halogens is 1. The van der Waals surface area contributed by atoms with Gasteiger partial charge < -0.3 is 18.7 Å². The zero-order valence-corrected chi connectivity index (χ0v) is 20.9.